The van der Waals surface area contributed by atoms with Gasteiger partial charge in [-0.25, -0.2) is 4.79 Å². The molecular formula is C17H24NO7P. The minimum atomic E-state index is -3.80. The van der Waals surface area contributed by atoms with Crippen LogP contribution in [0.2, 0.25) is 0 Å². The van der Waals surface area contributed by atoms with Gasteiger partial charge >= 0.3 is 13.6 Å². The highest BCUT2D eigenvalue weighted by Gasteiger charge is 2.48. The minimum absolute atomic E-state index is 0.0853. The molecule has 1 unspecified atom stereocenters. The average molecular weight is 385 g/mol. The lowest BCUT2D eigenvalue weighted by Crippen LogP contribution is -2.28. The van der Waals surface area contributed by atoms with Crippen molar-refractivity contribution in [2.24, 2.45) is 5.73 Å². The summed E-state index contributed by atoms with van der Waals surface area (Å²) in [6.07, 6.45) is 0. The highest BCUT2D eigenvalue weighted by Crippen LogP contribution is 2.67. The second-order valence-electron chi connectivity index (χ2n) is 5.26. The van der Waals surface area contributed by atoms with Gasteiger partial charge in [0.05, 0.1) is 26.9 Å². The fourth-order valence-corrected chi connectivity index (χ4v) is 4.95. The molecule has 0 saturated carbocycles. The number of fused-ring (bicyclic) bond motifs is 1. The first-order valence-electron chi connectivity index (χ1n) is 8.33. The molecule has 26 heavy (non-hydrogen) atoms. The molecule has 2 N–H and O–H groups in total. The molecule has 1 atom stereocenters. The fraction of sp³-hybridized carbons (Fsp3) is 0.471. The van der Waals surface area contributed by atoms with E-state index in [1.807, 2.05) is 0 Å². The largest absolute Gasteiger partial charge is 0.493 e. The molecule has 1 heterocycles. The number of para-hydroxylation sites is 1. The normalized spacial score (nSPS) is 16.7. The first kappa shape index (κ1) is 20.3. The van der Waals surface area contributed by atoms with Crippen LogP contribution in [0.3, 0.4) is 0 Å². The second kappa shape index (κ2) is 8.58. The molecule has 1 aromatic carbocycles. The van der Waals surface area contributed by atoms with Crippen LogP contribution in [0.25, 0.3) is 0 Å². The van der Waals surface area contributed by atoms with Crippen LogP contribution >= 0.6 is 7.60 Å². The molecule has 1 aliphatic rings. The Bertz CT molecular complexity index is 737. The van der Waals surface area contributed by atoms with Gasteiger partial charge in [0.15, 0.2) is 11.5 Å². The predicted molar refractivity (Wildman–Crippen MR) is 95.1 cm³/mol. The Hall–Kier alpha value is -2.02. The zero-order valence-corrected chi connectivity index (χ0v) is 16.2. The van der Waals surface area contributed by atoms with E-state index >= 15 is 0 Å². The summed E-state index contributed by atoms with van der Waals surface area (Å²) in [5.74, 6) is -0.295. The van der Waals surface area contributed by atoms with Gasteiger partial charge in [-0.3, -0.25) is 4.57 Å². The van der Waals surface area contributed by atoms with E-state index < -0.39 is 19.2 Å². The van der Waals surface area contributed by atoms with Crippen molar-refractivity contribution in [3.63, 3.8) is 0 Å². The maximum atomic E-state index is 13.6. The Morgan fingerprint density at radius 2 is 1.85 bits per heavy atom. The zero-order chi connectivity index (χ0) is 19.3. The van der Waals surface area contributed by atoms with Crippen molar-refractivity contribution < 1.29 is 32.6 Å². The molecular weight excluding hydrogens is 361 g/mol. The summed E-state index contributed by atoms with van der Waals surface area (Å²) in [6, 6.07) is 5.03. The van der Waals surface area contributed by atoms with Crippen molar-refractivity contribution in [3.05, 3.63) is 35.2 Å². The standard InChI is InChI=1S/C17H24NO7P/c1-5-22-17(19)13-15(26(20,23-6-2)24-7-3)11-9-8-10-12(21-4)14(11)25-16(13)18/h8-10,15H,5-7,18H2,1-4H3. The van der Waals surface area contributed by atoms with Gasteiger partial charge in [-0.15, -0.1) is 0 Å². The van der Waals surface area contributed by atoms with Crippen LogP contribution in [-0.2, 0) is 23.1 Å². The molecule has 0 amide bonds. The van der Waals surface area contributed by atoms with E-state index in [0.717, 1.165) is 0 Å². The molecule has 0 spiro atoms. The van der Waals surface area contributed by atoms with Gasteiger partial charge in [0.2, 0.25) is 5.88 Å². The number of methoxy groups -OCH3 is 1. The Labute approximate surface area is 152 Å². The van der Waals surface area contributed by atoms with Crippen molar-refractivity contribution in [1.82, 2.24) is 0 Å². The van der Waals surface area contributed by atoms with E-state index in [2.05, 4.69) is 0 Å². The van der Waals surface area contributed by atoms with Gasteiger partial charge in [-0.05, 0) is 26.8 Å². The summed E-state index contributed by atoms with van der Waals surface area (Å²) < 4.78 is 40.5. The number of carbonyl (C=O) groups excluding carboxylic acids is 1. The smallest absolute Gasteiger partial charge is 0.343 e. The molecule has 2 rings (SSSR count). The summed E-state index contributed by atoms with van der Waals surface area (Å²) in [5.41, 5.74) is 5.25. The number of rotatable bonds is 8. The third-order valence-corrected chi connectivity index (χ3v) is 6.11. The summed E-state index contributed by atoms with van der Waals surface area (Å²) in [5, 5.41) is 0. The summed E-state index contributed by atoms with van der Waals surface area (Å²) in [6.45, 7) is 5.42. The lowest BCUT2D eigenvalue weighted by atomic mass is 10.0. The molecule has 0 aliphatic carbocycles. The first-order chi connectivity index (χ1) is 12.4. The van der Waals surface area contributed by atoms with Crippen LogP contribution in [0.4, 0.5) is 0 Å². The summed E-state index contributed by atoms with van der Waals surface area (Å²) >= 11 is 0. The Morgan fingerprint density at radius 1 is 1.19 bits per heavy atom. The van der Waals surface area contributed by atoms with Crippen LogP contribution in [-0.4, -0.2) is 32.9 Å². The van der Waals surface area contributed by atoms with Gasteiger partial charge in [-0.1, -0.05) is 12.1 Å². The molecule has 1 aromatic rings. The van der Waals surface area contributed by atoms with E-state index in [-0.39, 0.29) is 37.0 Å². The van der Waals surface area contributed by atoms with E-state index in [0.29, 0.717) is 11.3 Å². The molecule has 8 nitrogen and oxygen atoms in total. The van der Waals surface area contributed by atoms with Gasteiger partial charge in [-0.2, -0.15) is 0 Å². The van der Waals surface area contributed by atoms with Crippen LogP contribution in [0.5, 0.6) is 11.5 Å². The molecule has 0 bridgehead atoms. The molecule has 0 fully saturated rings. The van der Waals surface area contributed by atoms with Crippen molar-refractivity contribution >= 4 is 13.6 Å². The number of nitrogens with two attached hydrogens (primary N) is 1. The molecule has 0 aromatic heterocycles. The van der Waals surface area contributed by atoms with Crippen LogP contribution < -0.4 is 15.2 Å². The Kier molecular flexibility index (Phi) is 6.69. The highest BCUT2D eigenvalue weighted by atomic mass is 31.2. The molecule has 1 aliphatic heterocycles. The number of benzene rings is 1. The van der Waals surface area contributed by atoms with Crippen LogP contribution in [0, 0.1) is 0 Å². The van der Waals surface area contributed by atoms with Gasteiger partial charge in [0.1, 0.15) is 11.2 Å². The van der Waals surface area contributed by atoms with Crippen molar-refractivity contribution in [3.8, 4) is 11.5 Å². The maximum absolute atomic E-state index is 13.6. The number of esters is 1. The van der Waals surface area contributed by atoms with Gasteiger partial charge in [0, 0.05) is 5.56 Å². The lowest BCUT2D eigenvalue weighted by molar-refractivity contribution is -0.139. The third kappa shape index (κ3) is 3.72. The Balaban J connectivity index is 2.72. The topological polar surface area (TPSA) is 106 Å². The molecule has 144 valence electrons. The van der Waals surface area contributed by atoms with E-state index in [1.54, 1.807) is 39.0 Å². The van der Waals surface area contributed by atoms with E-state index in [1.165, 1.54) is 7.11 Å². The minimum Gasteiger partial charge on any atom is -0.493 e. The van der Waals surface area contributed by atoms with Crippen LogP contribution in [0.15, 0.2) is 29.7 Å². The molecule has 0 saturated heterocycles. The SMILES string of the molecule is CCOC(=O)C1=C(N)Oc2c(OC)cccc2C1P(=O)(OCC)OCC. The van der Waals surface area contributed by atoms with Gasteiger partial charge in [0.25, 0.3) is 0 Å². The number of hydrogen-bond donors (Lipinski definition) is 1. The number of hydrogen-bond acceptors (Lipinski definition) is 8. The monoisotopic (exact) mass is 385 g/mol. The summed E-state index contributed by atoms with van der Waals surface area (Å²) in [4.78, 5) is 12.5. The third-order valence-electron chi connectivity index (χ3n) is 3.70. The predicted octanol–water partition coefficient (Wildman–Crippen LogP) is 3.13. The number of carbonyl (C=O) groups is 1. The highest BCUT2D eigenvalue weighted by molar-refractivity contribution is 7.54. The molecule has 9 heteroatoms. The quantitative estimate of drug-likeness (QED) is 0.537. The summed E-state index contributed by atoms with van der Waals surface area (Å²) in [7, 11) is -2.33. The van der Waals surface area contributed by atoms with Crippen molar-refractivity contribution in [2.45, 2.75) is 26.4 Å². The lowest BCUT2D eigenvalue weighted by Gasteiger charge is -2.32. The number of ether oxygens (including phenoxy) is 3. The second-order valence-corrected chi connectivity index (χ2v) is 7.37. The van der Waals surface area contributed by atoms with Gasteiger partial charge < -0.3 is 29.0 Å². The first-order valence-corrected chi connectivity index (χ1v) is 9.94. The zero-order valence-electron chi connectivity index (χ0n) is 15.3. The fourth-order valence-electron chi connectivity index (χ4n) is 2.77. The molecule has 0 radical (unpaired) electrons. The maximum Gasteiger partial charge on any atom is 0.343 e. The van der Waals surface area contributed by atoms with Crippen molar-refractivity contribution in [2.75, 3.05) is 26.9 Å². The van der Waals surface area contributed by atoms with Crippen molar-refractivity contribution in [1.29, 1.82) is 0 Å². The van der Waals surface area contributed by atoms with Crippen LogP contribution in [0.1, 0.15) is 32.0 Å². The van der Waals surface area contributed by atoms with E-state index in [9.17, 15) is 9.36 Å². The van der Waals surface area contributed by atoms with E-state index in [4.69, 9.17) is 29.0 Å². The Morgan fingerprint density at radius 3 is 2.38 bits per heavy atom. The average Bonchev–Trinajstić information content (AvgIpc) is 2.60.